The van der Waals surface area contributed by atoms with Gasteiger partial charge in [0.1, 0.15) is 0 Å². The third kappa shape index (κ3) is 0.360. The topological polar surface area (TPSA) is 0 Å². The van der Waals surface area contributed by atoms with E-state index in [9.17, 15) is 0 Å². The highest BCUT2D eigenvalue weighted by atomic mass is 14.9. The van der Waals surface area contributed by atoms with Gasteiger partial charge in [-0.15, -0.1) is 0 Å². The van der Waals surface area contributed by atoms with Crippen LogP contribution in [0.5, 0.6) is 0 Å². The largest absolute Gasteiger partial charge is 0.0651 e. The molecule has 56 valence electrons. The molecule has 3 aliphatic carbocycles. The lowest BCUT2D eigenvalue weighted by Crippen LogP contribution is -1.84. The fourth-order valence-corrected chi connectivity index (χ4v) is 3.69. The van der Waals surface area contributed by atoms with Gasteiger partial charge in [-0.25, -0.2) is 0 Å². The molecule has 0 N–H and O–H groups in total. The minimum atomic E-state index is 0.938. The number of fused-ring (bicyclic) bond motifs is 1. The summed E-state index contributed by atoms with van der Waals surface area (Å²) < 4.78 is 0. The molecule has 0 saturated heterocycles. The van der Waals surface area contributed by atoms with Gasteiger partial charge in [0.2, 0.25) is 0 Å². The maximum Gasteiger partial charge on any atom is -0.0201 e. The molecule has 10 heavy (non-hydrogen) atoms. The van der Waals surface area contributed by atoms with Crippen LogP contribution in [0.25, 0.3) is 0 Å². The Labute approximate surface area is 63.0 Å². The molecule has 0 radical (unpaired) electrons. The summed E-state index contributed by atoms with van der Waals surface area (Å²) in [6, 6.07) is 0. The minimum Gasteiger partial charge on any atom is -0.0651 e. The first-order chi connectivity index (χ1) is 4.75. The zero-order chi connectivity index (χ0) is 6.98. The number of hydrogen-bond acceptors (Lipinski definition) is 0. The van der Waals surface area contributed by atoms with Crippen LogP contribution in [0.2, 0.25) is 0 Å². The molecular formula is C10H16. The molecule has 0 heterocycles. The lowest BCUT2D eigenvalue weighted by atomic mass is 10.1. The molecule has 0 aromatic rings. The minimum absolute atomic E-state index is 0.938. The summed E-state index contributed by atoms with van der Waals surface area (Å²) in [5.74, 6) is 2.25. The van der Waals surface area contributed by atoms with E-state index in [-0.39, 0.29) is 0 Å². The van der Waals surface area contributed by atoms with E-state index in [4.69, 9.17) is 0 Å². The Morgan fingerprint density at radius 3 is 2.30 bits per heavy atom. The van der Waals surface area contributed by atoms with Crippen LogP contribution >= 0.6 is 0 Å². The first-order valence-corrected chi connectivity index (χ1v) is 4.75. The van der Waals surface area contributed by atoms with Crippen molar-refractivity contribution in [1.29, 1.82) is 0 Å². The smallest absolute Gasteiger partial charge is 0.0201 e. The van der Waals surface area contributed by atoms with E-state index in [1.807, 2.05) is 0 Å². The Morgan fingerprint density at radius 2 is 2.00 bits per heavy atom. The fourth-order valence-electron chi connectivity index (χ4n) is 3.69. The summed E-state index contributed by atoms with van der Waals surface area (Å²) in [5.41, 5.74) is 1.88. The van der Waals surface area contributed by atoms with Crippen molar-refractivity contribution in [1.82, 2.24) is 0 Å². The second kappa shape index (κ2) is 1.19. The van der Waals surface area contributed by atoms with Crippen molar-refractivity contribution in [2.24, 2.45) is 22.7 Å². The average molecular weight is 136 g/mol. The number of hydrogen-bond donors (Lipinski definition) is 0. The van der Waals surface area contributed by atoms with Gasteiger partial charge in [0.25, 0.3) is 0 Å². The lowest BCUT2D eigenvalue weighted by molar-refractivity contribution is 0.583. The summed E-state index contributed by atoms with van der Waals surface area (Å²) in [7, 11) is 0. The van der Waals surface area contributed by atoms with Gasteiger partial charge in [0.15, 0.2) is 0 Å². The lowest BCUT2D eigenvalue weighted by Gasteiger charge is -1.89. The third-order valence-electron chi connectivity index (χ3n) is 4.68. The fraction of sp³-hybridized carbons (Fsp3) is 1.00. The summed E-state index contributed by atoms with van der Waals surface area (Å²) >= 11 is 0. The Balaban J connectivity index is 1.80. The molecule has 0 bridgehead atoms. The second-order valence-corrected chi connectivity index (χ2v) is 4.90. The summed E-state index contributed by atoms with van der Waals surface area (Å²) in [4.78, 5) is 0. The van der Waals surface area contributed by atoms with Gasteiger partial charge in [-0.05, 0) is 41.9 Å². The highest BCUT2D eigenvalue weighted by molar-refractivity contribution is 5.34. The predicted molar refractivity (Wildman–Crippen MR) is 41.7 cm³/mol. The molecular weight excluding hydrogens is 120 g/mol. The Bertz CT molecular complexity index is 196. The second-order valence-electron chi connectivity index (χ2n) is 4.90. The Morgan fingerprint density at radius 1 is 1.30 bits per heavy atom. The van der Waals surface area contributed by atoms with Crippen molar-refractivity contribution >= 4 is 0 Å². The predicted octanol–water partition coefficient (Wildman–Crippen LogP) is 2.83. The maximum absolute atomic E-state index is 2.44. The van der Waals surface area contributed by atoms with E-state index in [1.165, 1.54) is 6.42 Å². The van der Waals surface area contributed by atoms with Gasteiger partial charge in [-0.2, -0.15) is 0 Å². The van der Waals surface area contributed by atoms with Gasteiger partial charge in [0.05, 0.1) is 0 Å². The van der Waals surface area contributed by atoms with Crippen molar-refractivity contribution in [2.75, 3.05) is 0 Å². The van der Waals surface area contributed by atoms with E-state index < -0.39 is 0 Å². The van der Waals surface area contributed by atoms with Crippen molar-refractivity contribution in [2.45, 2.75) is 39.5 Å². The quantitative estimate of drug-likeness (QED) is 0.520. The normalized spacial score (nSPS) is 69.0. The van der Waals surface area contributed by atoms with E-state index >= 15 is 0 Å². The standard InChI is InChI=1S/C10H16/c1-3-8-5-10(8)6-9(10)4-7(9)2/h7-8H,3-6H2,1-2H3. The molecule has 0 amide bonds. The molecule has 0 heteroatoms. The molecule has 0 aromatic carbocycles. The van der Waals surface area contributed by atoms with Crippen molar-refractivity contribution in [3.8, 4) is 0 Å². The van der Waals surface area contributed by atoms with Crippen LogP contribution in [-0.2, 0) is 0 Å². The first-order valence-electron chi connectivity index (χ1n) is 4.75. The molecule has 3 fully saturated rings. The van der Waals surface area contributed by atoms with Crippen LogP contribution < -0.4 is 0 Å². The van der Waals surface area contributed by atoms with Crippen molar-refractivity contribution < 1.29 is 0 Å². The van der Waals surface area contributed by atoms with Gasteiger partial charge >= 0.3 is 0 Å². The van der Waals surface area contributed by atoms with Gasteiger partial charge < -0.3 is 0 Å². The van der Waals surface area contributed by atoms with Crippen LogP contribution in [-0.4, -0.2) is 0 Å². The SMILES string of the molecule is CCC1CC12CC21CC1C. The van der Waals surface area contributed by atoms with Crippen LogP contribution in [0, 0.1) is 22.7 Å². The monoisotopic (exact) mass is 136 g/mol. The zero-order valence-electron chi connectivity index (χ0n) is 6.98. The highest BCUT2D eigenvalue weighted by Gasteiger charge is 2.85. The van der Waals surface area contributed by atoms with Crippen LogP contribution in [0.4, 0.5) is 0 Å². The molecule has 4 atom stereocenters. The Hall–Kier alpha value is 0. The molecule has 3 rings (SSSR count). The molecule has 0 aliphatic heterocycles. The third-order valence-corrected chi connectivity index (χ3v) is 4.68. The summed E-state index contributed by atoms with van der Waals surface area (Å²) in [6.45, 7) is 4.80. The maximum atomic E-state index is 2.44. The van der Waals surface area contributed by atoms with Crippen LogP contribution in [0.15, 0.2) is 0 Å². The first kappa shape index (κ1) is 5.62. The number of rotatable bonds is 1. The van der Waals surface area contributed by atoms with E-state index in [0.717, 1.165) is 22.7 Å². The van der Waals surface area contributed by atoms with Gasteiger partial charge in [-0.1, -0.05) is 20.3 Å². The average Bonchev–Trinajstić information content (AvgIpc) is 2.77. The van der Waals surface area contributed by atoms with Crippen molar-refractivity contribution in [3.05, 3.63) is 0 Å². The van der Waals surface area contributed by atoms with Crippen LogP contribution in [0.3, 0.4) is 0 Å². The highest BCUT2D eigenvalue weighted by Crippen LogP contribution is 2.93. The molecule has 0 nitrogen and oxygen atoms in total. The zero-order valence-corrected chi connectivity index (χ0v) is 6.98. The molecule has 3 aliphatic rings. The Kier molecular flexibility index (Phi) is 0.669. The van der Waals surface area contributed by atoms with E-state index in [2.05, 4.69) is 13.8 Å². The van der Waals surface area contributed by atoms with Crippen molar-refractivity contribution in [3.63, 3.8) is 0 Å². The van der Waals surface area contributed by atoms with E-state index in [0.29, 0.717) is 0 Å². The van der Waals surface area contributed by atoms with E-state index in [1.54, 1.807) is 19.3 Å². The molecule has 4 unspecified atom stereocenters. The molecule has 3 saturated carbocycles. The van der Waals surface area contributed by atoms with Gasteiger partial charge in [0, 0.05) is 0 Å². The van der Waals surface area contributed by atoms with Crippen LogP contribution in [0.1, 0.15) is 39.5 Å². The molecule has 0 aromatic heterocycles. The summed E-state index contributed by atoms with van der Waals surface area (Å²) in [6.07, 6.45) is 6.23. The summed E-state index contributed by atoms with van der Waals surface area (Å²) in [5, 5.41) is 0. The molecule has 2 spiro atoms. The van der Waals surface area contributed by atoms with Gasteiger partial charge in [-0.3, -0.25) is 0 Å².